The van der Waals surface area contributed by atoms with Gasteiger partial charge in [-0.2, -0.15) is 5.10 Å². The summed E-state index contributed by atoms with van der Waals surface area (Å²) in [7, 11) is 0. The van der Waals surface area contributed by atoms with Crippen LogP contribution in [-0.2, 0) is 11.6 Å². The Morgan fingerprint density at radius 2 is 2.31 bits per heavy atom. The minimum Gasteiger partial charge on any atom is -0.262 e. The fourth-order valence-corrected chi connectivity index (χ4v) is 2.31. The second-order valence-electron chi connectivity index (χ2n) is 3.44. The molecule has 0 saturated carbocycles. The molecule has 84 valence electrons. The lowest BCUT2D eigenvalue weighted by Crippen LogP contribution is -1.84. The number of H-pyrrole nitrogens is 1. The monoisotopic (exact) mass is 253 g/mol. The Morgan fingerprint density at radius 3 is 3.00 bits per heavy atom. The summed E-state index contributed by atoms with van der Waals surface area (Å²) in [6, 6.07) is 8.40. The first-order valence-corrected chi connectivity index (χ1v) is 6.45. The van der Waals surface area contributed by atoms with E-state index in [9.17, 15) is 0 Å². The van der Waals surface area contributed by atoms with Gasteiger partial charge in [-0.05, 0) is 19.1 Å². The first-order chi connectivity index (χ1) is 7.78. The number of aryl methyl sites for hydroxylation is 1. The van der Waals surface area contributed by atoms with E-state index in [1.807, 2.05) is 0 Å². The zero-order chi connectivity index (χ0) is 11.4. The summed E-state index contributed by atoms with van der Waals surface area (Å²) in [6.45, 7) is 2.09. The predicted octanol–water partition coefficient (Wildman–Crippen LogP) is 3.14. The first kappa shape index (κ1) is 11.5. The minimum atomic E-state index is 0.353. The van der Waals surface area contributed by atoms with Gasteiger partial charge in [0.15, 0.2) is 5.82 Å². The molecular weight excluding hydrogens is 242 g/mol. The van der Waals surface area contributed by atoms with Gasteiger partial charge in [0.2, 0.25) is 0 Å². The van der Waals surface area contributed by atoms with Crippen molar-refractivity contribution in [3.63, 3.8) is 0 Å². The third kappa shape index (κ3) is 3.00. The summed E-state index contributed by atoms with van der Waals surface area (Å²) in [5.41, 5.74) is 1.27. The van der Waals surface area contributed by atoms with Crippen molar-refractivity contribution in [3.05, 3.63) is 41.5 Å². The van der Waals surface area contributed by atoms with E-state index in [4.69, 9.17) is 11.6 Å². The van der Waals surface area contributed by atoms with Gasteiger partial charge in [0.25, 0.3) is 0 Å². The molecule has 0 aliphatic carbocycles. The van der Waals surface area contributed by atoms with Crippen LogP contribution < -0.4 is 0 Å². The van der Waals surface area contributed by atoms with Crippen LogP contribution in [0.15, 0.2) is 29.2 Å². The molecule has 1 heterocycles. The molecule has 1 aromatic carbocycles. The van der Waals surface area contributed by atoms with Gasteiger partial charge >= 0.3 is 0 Å². The average molecular weight is 254 g/mol. The quantitative estimate of drug-likeness (QED) is 0.672. The number of nitrogens with zero attached hydrogens (tertiary/aromatic N) is 2. The number of thioether (sulfide) groups is 1. The minimum absolute atomic E-state index is 0.353. The van der Waals surface area contributed by atoms with E-state index in [1.165, 1.54) is 10.5 Å². The maximum absolute atomic E-state index is 5.63. The second kappa shape index (κ2) is 5.37. The number of hydrogen-bond donors (Lipinski definition) is 1. The van der Waals surface area contributed by atoms with Crippen molar-refractivity contribution in [1.82, 2.24) is 15.2 Å². The Labute approximate surface area is 104 Å². The SMILES string of the molecule is Cc1cccc(SCc2nc(CCl)n[nH]2)c1. The molecule has 16 heavy (non-hydrogen) atoms. The second-order valence-corrected chi connectivity index (χ2v) is 4.75. The van der Waals surface area contributed by atoms with Gasteiger partial charge in [-0.25, -0.2) is 4.98 Å². The molecule has 0 fully saturated rings. The molecule has 2 rings (SSSR count). The topological polar surface area (TPSA) is 41.6 Å². The lowest BCUT2D eigenvalue weighted by Gasteiger charge is -1.99. The molecule has 0 spiro atoms. The molecule has 1 N–H and O–H groups in total. The van der Waals surface area contributed by atoms with Crippen LogP contribution in [-0.4, -0.2) is 15.2 Å². The van der Waals surface area contributed by atoms with E-state index < -0.39 is 0 Å². The van der Waals surface area contributed by atoms with Crippen molar-refractivity contribution in [2.24, 2.45) is 0 Å². The van der Waals surface area contributed by atoms with Gasteiger partial charge in [-0.15, -0.1) is 23.4 Å². The van der Waals surface area contributed by atoms with Gasteiger partial charge in [0, 0.05) is 4.90 Å². The van der Waals surface area contributed by atoms with E-state index in [1.54, 1.807) is 11.8 Å². The normalized spacial score (nSPS) is 10.6. The highest BCUT2D eigenvalue weighted by Crippen LogP contribution is 2.21. The molecule has 2 aromatic rings. The number of hydrogen-bond acceptors (Lipinski definition) is 3. The van der Waals surface area contributed by atoms with Crippen LogP contribution in [0, 0.1) is 6.92 Å². The number of aromatic amines is 1. The molecular formula is C11H12ClN3S. The number of benzene rings is 1. The maximum atomic E-state index is 5.63. The lowest BCUT2D eigenvalue weighted by molar-refractivity contribution is 1.00. The Bertz CT molecular complexity index is 470. The highest BCUT2D eigenvalue weighted by Gasteiger charge is 2.02. The van der Waals surface area contributed by atoms with Crippen molar-refractivity contribution in [2.45, 2.75) is 23.5 Å². The smallest absolute Gasteiger partial charge is 0.165 e. The van der Waals surface area contributed by atoms with Crippen LogP contribution in [0.3, 0.4) is 0 Å². The van der Waals surface area contributed by atoms with Gasteiger partial charge in [0.05, 0.1) is 11.6 Å². The molecule has 0 unspecified atom stereocenters. The summed E-state index contributed by atoms with van der Waals surface area (Å²) in [4.78, 5) is 5.49. The van der Waals surface area contributed by atoms with Crippen molar-refractivity contribution in [1.29, 1.82) is 0 Å². The Morgan fingerprint density at radius 1 is 1.44 bits per heavy atom. The molecule has 0 amide bonds. The molecule has 0 aliphatic rings. The number of rotatable bonds is 4. The van der Waals surface area contributed by atoms with Gasteiger partial charge in [-0.1, -0.05) is 17.7 Å². The fraction of sp³-hybridized carbons (Fsp3) is 0.273. The first-order valence-electron chi connectivity index (χ1n) is 4.93. The number of nitrogens with one attached hydrogen (secondary N) is 1. The third-order valence-electron chi connectivity index (χ3n) is 2.06. The molecule has 0 atom stereocenters. The van der Waals surface area contributed by atoms with E-state index in [-0.39, 0.29) is 0 Å². The van der Waals surface area contributed by atoms with Crippen molar-refractivity contribution in [3.8, 4) is 0 Å². The van der Waals surface area contributed by atoms with E-state index in [0.29, 0.717) is 11.7 Å². The third-order valence-corrected chi connectivity index (χ3v) is 3.31. The van der Waals surface area contributed by atoms with Gasteiger partial charge < -0.3 is 0 Å². The van der Waals surface area contributed by atoms with E-state index in [0.717, 1.165) is 11.6 Å². The number of alkyl halides is 1. The van der Waals surface area contributed by atoms with Crippen LogP contribution >= 0.6 is 23.4 Å². The zero-order valence-electron chi connectivity index (χ0n) is 8.90. The fourth-order valence-electron chi connectivity index (χ4n) is 1.32. The zero-order valence-corrected chi connectivity index (χ0v) is 10.5. The highest BCUT2D eigenvalue weighted by atomic mass is 35.5. The van der Waals surface area contributed by atoms with Crippen LogP contribution in [0.2, 0.25) is 0 Å². The van der Waals surface area contributed by atoms with Crippen LogP contribution in [0.1, 0.15) is 17.2 Å². The molecule has 0 bridgehead atoms. The molecule has 0 saturated heterocycles. The summed E-state index contributed by atoms with van der Waals surface area (Å²) in [5, 5.41) is 6.86. The van der Waals surface area contributed by atoms with Crippen LogP contribution in [0.4, 0.5) is 0 Å². The Kier molecular flexibility index (Phi) is 3.85. The predicted molar refractivity (Wildman–Crippen MR) is 66.7 cm³/mol. The van der Waals surface area contributed by atoms with E-state index in [2.05, 4.69) is 46.4 Å². The van der Waals surface area contributed by atoms with Crippen LogP contribution in [0.25, 0.3) is 0 Å². The Balaban J connectivity index is 1.96. The van der Waals surface area contributed by atoms with Crippen molar-refractivity contribution >= 4 is 23.4 Å². The summed E-state index contributed by atoms with van der Waals surface area (Å²) < 4.78 is 0. The average Bonchev–Trinajstić information content (AvgIpc) is 2.74. The molecule has 1 aromatic heterocycles. The lowest BCUT2D eigenvalue weighted by atomic mass is 10.2. The Hall–Kier alpha value is -1.00. The molecule has 5 heteroatoms. The summed E-state index contributed by atoms with van der Waals surface area (Å²) in [6.07, 6.45) is 0. The summed E-state index contributed by atoms with van der Waals surface area (Å²) in [5.74, 6) is 2.66. The highest BCUT2D eigenvalue weighted by molar-refractivity contribution is 7.98. The maximum Gasteiger partial charge on any atom is 0.165 e. The standard InChI is InChI=1S/C11H12ClN3S/c1-8-3-2-4-9(5-8)16-7-11-13-10(6-12)14-15-11/h2-5H,6-7H2,1H3,(H,13,14,15). The molecule has 3 nitrogen and oxygen atoms in total. The number of halogens is 1. The van der Waals surface area contributed by atoms with E-state index >= 15 is 0 Å². The molecule has 0 aliphatic heterocycles. The largest absolute Gasteiger partial charge is 0.262 e. The van der Waals surface area contributed by atoms with Crippen LogP contribution in [0.5, 0.6) is 0 Å². The molecule has 0 radical (unpaired) electrons. The number of aromatic nitrogens is 3. The van der Waals surface area contributed by atoms with Crippen molar-refractivity contribution in [2.75, 3.05) is 0 Å². The van der Waals surface area contributed by atoms with Crippen molar-refractivity contribution < 1.29 is 0 Å². The summed E-state index contributed by atoms with van der Waals surface area (Å²) >= 11 is 7.36. The van der Waals surface area contributed by atoms with Gasteiger partial charge in [-0.3, -0.25) is 5.10 Å². The van der Waals surface area contributed by atoms with Gasteiger partial charge in [0.1, 0.15) is 5.82 Å².